The van der Waals surface area contributed by atoms with Gasteiger partial charge in [-0.15, -0.1) is 0 Å². The van der Waals surface area contributed by atoms with Gasteiger partial charge in [0, 0.05) is 13.6 Å². The molecule has 7 heteroatoms. The van der Waals surface area contributed by atoms with Gasteiger partial charge in [-0.05, 0) is 30.5 Å². The van der Waals surface area contributed by atoms with Crippen molar-refractivity contribution in [3.63, 3.8) is 0 Å². The maximum atomic E-state index is 14.0. The highest BCUT2D eigenvalue weighted by atomic mass is 32.2. The highest BCUT2D eigenvalue weighted by Crippen LogP contribution is 2.15. The van der Waals surface area contributed by atoms with E-state index in [0.717, 1.165) is 24.5 Å². The summed E-state index contributed by atoms with van der Waals surface area (Å²) < 4.78 is 41.7. The fraction of sp³-hybridized carbons (Fsp3) is 0.350. The Morgan fingerprint density at radius 2 is 1.74 bits per heavy atom. The lowest BCUT2D eigenvalue weighted by atomic mass is 10.1. The van der Waals surface area contributed by atoms with E-state index in [-0.39, 0.29) is 12.3 Å². The van der Waals surface area contributed by atoms with Gasteiger partial charge in [0.15, 0.2) is 0 Å². The summed E-state index contributed by atoms with van der Waals surface area (Å²) in [5.74, 6) is -1.19. The van der Waals surface area contributed by atoms with Crippen molar-refractivity contribution in [2.45, 2.75) is 37.1 Å². The van der Waals surface area contributed by atoms with Gasteiger partial charge < -0.3 is 4.90 Å². The largest absolute Gasteiger partial charge is 0.344 e. The summed E-state index contributed by atoms with van der Waals surface area (Å²) in [5.41, 5.74) is 0.816. The van der Waals surface area contributed by atoms with E-state index in [1.54, 1.807) is 7.05 Å². The zero-order valence-corrected chi connectivity index (χ0v) is 16.4. The van der Waals surface area contributed by atoms with Crippen molar-refractivity contribution in [3.8, 4) is 0 Å². The number of rotatable bonds is 9. The predicted octanol–water partition coefficient (Wildman–Crippen LogP) is 2.97. The van der Waals surface area contributed by atoms with Gasteiger partial charge in [-0.1, -0.05) is 55.8 Å². The van der Waals surface area contributed by atoms with E-state index in [9.17, 15) is 17.6 Å². The molecule has 146 valence electrons. The van der Waals surface area contributed by atoms with E-state index in [2.05, 4.69) is 4.72 Å². The molecular weight excluding hydrogens is 367 g/mol. The maximum absolute atomic E-state index is 14.0. The number of hydrogen-bond donors (Lipinski definition) is 1. The highest BCUT2D eigenvalue weighted by molar-refractivity contribution is 7.89. The van der Waals surface area contributed by atoms with Gasteiger partial charge in [0.05, 0.1) is 0 Å². The fourth-order valence-electron chi connectivity index (χ4n) is 2.71. The van der Waals surface area contributed by atoms with Crippen LogP contribution in [0.1, 0.15) is 25.3 Å². The van der Waals surface area contributed by atoms with Gasteiger partial charge >= 0.3 is 0 Å². The number of likely N-dealkylation sites (N-methyl/N-ethyl adjacent to an activating group) is 1. The van der Waals surface area contributed by atoms with Crippen LogP contribution >= 0.6 is 0 Å². The topological polar surface area (TPSA) is 66.5 Å². The molecule has 0 fully saturated rings. The number of nitrogens with zero attached hydrogens (tertiary/aromatic N) is 1. The monoisotopic (exact) mass is 392 g/mol. The molecule has 1 unspecified atom stereocenters. The van der Waals surface area contributed by atoms with E-state index in [4.69, 9.17) is 0 Å². The van der Waals surface area contributed by atoms with Crippen molar-refractivity contribution < 1.29 is 17.6 Å². The molecule has 0 aliphatic rings. The van der Waals surface area contributed by atoms with Crippen LogP contribution in [-0.4, -0.2) is 38.9 Å². The number of halogens is 1. The van der Waals surface area contributed by atoms with Crippen molar-refractivity contribution in [3.05, 3.63) is 66.0 Å². The molecule has 0 aliphatic carbocycles. The molecule has 0 saturated carbocycles. The van der Waals surface area contributed by atoms with Crippen molar-refractivity contribution in [1.82, 2.24) is 9.62 Å². The van der Waals surface area contributed by atoms with E-state index >= 15 is 0 Å². The molecule has 0 heterocycles. The first kappa shape index (κ1) is 21.1. The third kappa shape index (κ3) is 5.87. The first-order valence-electron chi connectivity index (χ1n) is 8.91. The average Bonchev–Trinajstić information content (AvgIpc) is 2.65. The summed E-state index contributed by atoms with van der Waals surface area (Å²) in [6.45, 7) is 2.54. The molecule has 2 aromatic carbocycles. The van der Waals surface area contributed by atoms with Gasteiger partial charge in [-0.3, -0.25) is 4.79 Å². The summed E-state index contributed by atoms with van der Waals surface area (Å²) in [6.07, 6.45) is 1.92. The third-order valence-electron chi connectivity index (χ3n) is 4.23. The summed E-state index contributed by atoms with van der Waals surface area (Å²) in [5, 5.41) is 0. The fourth-order valence-corrected chi connectivity index (χ4v) is 3.98. The summed E-state index contributed by atoms with van der Waals surface area (Å²) in [7, 11) is -2.54. The smallest absolute Gasteiger partial charge is 0.244 e. The van der Waals surface area contributed by atoms with Crippen LogP contribution in [0, 0.1) is 5.82 Å². The van der Waals surface area contributed by atoms with Crippen LogP contribution in [0.3, 0.4) is 0 Å². The quantitative estimate of drug-likeness (QED) is 0.713. The molecule has 5 nitrogen and oxygen atoms in total. The highest BCUT2D eigenvalue weighted by Gasteiger charge is 2.29. The van der Waals surface area contributed by atoms with Crippen LogP contribution < -0.4 is 4.72 Å². The molecule has 1 atom stereocenters. The molecule has 27 heavy (non-hydrogen) atoms. The molecule has 2 aromatic rings. The Morgan fingerprint density at radius 1 is 1.11 bits per heavy atom. The molecule has 0 spiro atoms. The second kappa shape index (κ2) is 9.62. The minimum Gasteiger partial charge on any atom is -0.344 e. The molecule has 0 saturated heterocycles. The van der Waals surface area contributed by atoms with Crippen molar-refractivity contribution in [1.29, 1.82) is 0 Å². The molecule has 0 radical (unpaired) electrons. The summed E-state index contributed by atoms with van der Waals surface area (Å²) in [6, 6.07) is 13.2. The van der Waals surface area contributed by atoms with Gasteiger partial charge in [-0.25, -0.2) is 12.8 Å². The summed E-state index contributed by atoms with van der Waals surface area (Å²) in [4.78, 5) is 13.9. The molecule has 1 N–H and O–H groups in total. The van der Waals surface area contributed by atoms with Crippen LogP contribution in [-0.2, 0) is 21.2 Å². The second-order valence-corrected chi connectivity index (χ2v) is 8.09. The Balaban J connectivity index is 2.28. The van der Waals surface area contributed by atoms with Crippen LogP contribution in [0.15, 0.2) is 59.5 Å². The molecule has 0 bridgehead atoms. The Labute approximate surface area is 160 Å². The number of nitrogens with one attached hydrogen (secondary N) is 1. The Morgan fingerprint density at radius 3 is 2.37 bits per heavy atom. The number of carbonyl (C=O) groups excluding carboxylic acids is 1. The molecular formula is C20H25FN2O3S. The average molecular weight is 392 g/mol. The first-order valence-corrected chi connectivity index (χ1v) is 10.4. The number of benzene rings is 2. The number of unbranched alkanes of at least 4 members (excludes halogenated alkanes) is 1. The van der Waals surface area contributed by atoms with E-state index in [1.165, 1.54) is 23.1 Å². The summed E-state index contributed by atoms with van der Waals surface area (Å²) >= 11 is 0. The van der Waals surface area contributed by atoms with Crippen molar-refractivity contribution in [2.75, 3.05) is 13.6 Å². The Hall–Kier alpha value is -2.25. The zero-order chi connectivity index (χ0) is 19.9. The lowest BCUT2D eigenvalue weighted by Gasteiger charge is -2.24. The van der Waals surface area contributed by atoms with Crippen molar-refractivity contribution in [2.24, 2.45) is 0 Å². The van der Waals surface area contributed by atoms with E-state index < -0.39 is 26.8 Å². The normalized spacial score (nSPS) is 12.6. The van der Waals surface area contributed by atoms with Crippen LogP contribution in [0.25, 0.3) is 0 Å². The number of amides is 1. The third-order valence-corrected chi connectivity index (χ3v) is 5.73. The SMILES string of the molecule is CCCCN(C)C(=O)C(Cc1ccccc1)NS(=O)(=O)c1ccccc1F. The number of sulfonamides is 1. The standard InChI is InChI=1S/C20H25FN2O3S/c1-3-4-14-23(2)20(24)18(15-16-10-6-5-7-11-16)22-27(25,26)19-13-9-8-12-17(19)21/h5-13,18,22H,3-4,14-15H2,1-2H3. The number of hydrogen-bond acceptors (Lipinski definition) is 3. The predicted molar refractivity (Wildman–Crippen MR) is 103 cm³/mol. The van der Waals surface area contributed by atoms with Crippen LogP contribution in [0.2, 0.25) is 0 Å². The van der Waals surface area contributed by atoms with Gasteiger partial charge in [-0.2, -0.15) is 4.72 Å². The molecule has 1 amide bonds. The van der Waals surface area contributed by atoms with Crippen molar-refractivity contribution >= 4 is 15.9 Å². The van der Waals surface area contributed by atoms with Crippen LogP contribution in [0.4, 0.5) is 4.39 Å². The Bertz CT molecular complexity index is 857. The van der Waals surface area contributed by atoms with E-state index in [1.807, 2.05) is 37.3 Å². The first-order chi connectivity index (χ1) is 12.8. The minimum absolute atomic E-state index is 0.184. The zero-order valence-electron chi connectivity index (χ0n) is 15.6. The number of carbonyl (C=O) groups is 1. The van der Waals surface area contributed by atoms with Gasteiger partial charge in [0.2, 0.25) is 15.9 Å². The molecule has 0 aromatic heterocycles. The lowest BCUT2D eigenvalue weighted by molar-refractivity contribution is -0.131. The molecule has 2 rings (SSSR count). The second-order valence-electron chi connectivity index (χ2n) is 6.41. The van der Waals surface area contributed by atoms with Crippen LogP contribution in [0.5, 0.6) is 0 Å². The van der Waals surface area contributed by atoms with Gasteiger partial charge in [0.1, 0.15) is 16.8 Å². The maximum Gasteiger partial charge on any atom is 0.244 e. The lowest BCUT2D eigenvalue weighted by Crippen LogP contribution is -2.48. The minimum atomic E-state index is -4.18. The van der Waals surface area contributed by atoms with E-state index in [0.29, 0.717) is 6.54 Å². The molecule has 0 aliphatic heterocycles. The Kier molecular flexibility index (Phi) is 7.50. The van der Waals surface area contributed by atoms with Gasteiger partial charge in [0.25, 0.3) is 0 Å².